The molecule has 0 aromatic carbocycles. The number of nitrogens with zero attached hydrogens (tertiary/aromatic N) is 2. The van der Waals surface area contributed by atoms with Crippen molar-refractivity contribution in [3.05, 3.63) is 12.4 Å². The largest absolute Gasteiger partial charge is 0.365 e. The minimum Gasteiger partial charge on any atom is -0.365 e. The molecule has 1 aromatic rings. The minimum atomic E-state index is -0.353. The van der Waals surface area contributed by atoms with Gasteiger partial charge in [-0.1, -0.05) is 19.8 Å². The van der Waals surface area contributed by atoms with Crippen LogP contribution in [0.2, 0.25) is 0 Å². The van der Waals surface area contributed by atoms with Gasteiger partial charge < -0.3 is 10.1 Å². The van der Waals surface area contributed by atoms with E-state index in [4.69, 9.17) is 4.74 Å². The molecule has 0 radical (unpaired) electrons. The number of nitrogens with one attached hydrogen (secondary N) is 1. The SMILES string of the molecule is CC[C@@H](OC1CCCC1)C(=O)Nc1cnn(C)c1. The Morgan fingerprint density at radius 2 is 2.33 bits per heavy atom. The van der Waals surface area contributed by atoms with Gasteiger partial charge >= 0.3 is 0 Å². The molecule has 2 rings (SSSR count). The molecule has 5 heteroatoms. The molecular formula is C13H21N3O2. The first-order valence-electron chi connectivity index (χ1n) is 6.64. The molecule has 1 aromatic heterocycles. The maximum Gasteiger partial charge on any atom is 0.253 e. The first-order chi connectivity index (χ1) is 8.69. The lowest BCUT2D eigenvalue weighted by Crippen LogP contribution is -2.32. The van der Waals surface area contributed by atoms with E-state index in [-0.39, 0.29) is 18.1 Å². The van der Waals surface area contributed by atoms with E-state index in [0.29, 0.717) is 6.42 Å². The number of aromatic nitrogens is 2. The van der Waals surface area contributed by atoms with Crippen molar-refractivity contribution >= 4 is 11.6 Å². The molecule has 1 fully saturated rings. The fraction of sp³-hybridized carbons (Fsp3) is 0.692. The van der Waals surface area contributed by atoms with Crippen molar-refractivity contribution in [2.24, 2.45) is 7.05 Å². The smallest absolute Gasteiger partial charge is 0.253 e. The van der Waals surface area contributed by atoms with Gasteiger partial charge in [0.1, 0.15) is 6.10 Å². The van der Waals surface area contributed by atoms with Crippen LogP contribution in [-0.4, -0.2) is 27.9 Å². The maximum atomic E-state index is 12.1. The molecule has 18 heavy (non-hydrogen) atoms. The van der Waals surface area contributed by atoms with Gasteiger partial charge in [0.25, 0.3) is 5.91 Å². The molecule has 100 valence electrons. The molecule has 1 aliphatic carbocycles. The summed E-state index contributed by atoms with van der Waals surface area (Å²) in [5.74, 6) is -0.0719. The highest BCUT2D eigenvalue weighted by molar-refractivity contribution is 5.93. The molecule has 0 saturated heterocycles. The quantitative estimate of drug-likeness (QED) is 0.871. The van der Waals surface area contributed by atoms with Gasteiger partial charge in [-0.25, -0.2) is 0 Å². The molecule has 0 aliphatic heterocycles. The first kappa shape index (κ1) is 13.1. The van der Waals surface area contributed by atoms with Crippen molar-refractivity contribution in [1.82, 2.24) is 9.78 Å². The lowest BCUT2D eigenvalue weighted by atomic mass is 10.2. The standard InChI is InChI=1S/C13H21N3O2/c1-3-12(18-11-6-4-5-7-11)13(17)15-10-8-14-16(2)9-10/h8-9,11-12H,3-7H2,1-2H3,(H,15,17)/t12-/m1/s1. The summed E-state index contributed by atoms with van der Waals surface area (Å²) in [5.41, 5.74) is 0.718. The second kappa shape index (κ2) is 6.00. The van der Waals surface area contributed by atoms with Crippen molar-refractivity contribution in [3.8, 4) is 0 Å². The second-order valence-corrected chi connectivity index (χ2v) is 4.83. The Labute approximate surface area is 108 Å². The molecule has 0 bridgehead atoms. The topological polar surface area (TPSA) is 56.1 Å². The molecular weight excluding hydrogens is 230 g/mol. The Balaban J connectivity index is 1.88. The zero-order valence-corrected chi connectivity index (χ0v) is 11.1. The van der Waals surface area contributed by atoms with Gasteiger partial charge in [-0.3, -0.25) is 9.48 Å². The maximum absolute atomic E-state index is 12.1. The van der Waals surface area contributed by atoms with Crippen LogP contribution in [0.4, 0.5) is 5.69 Å². The van der Waals surface area contributed by atoms with E-state index < -0.39 is 0 Å². The van der Waals surface area contributed by atoms with Crippen LogP contribution in [-0.2, 0) is 16.6 Å². The molecule has 1 aliphatic rings. The Hall–Kier alpha value is -1.36. The van der Waals surface area contributed by atoms with Crippen molar-refractivity contribution in [3.63, 3.8) is 0 Å². The number of carbonyl (C=O) groups excluding carboxylic acids is 1. The highest BCUT2D eigenvalue weighted by Crippen LogP contribution is 2.23. The average molecular weight is 251 g/mol. The zero-order chi connectivity index (χ0) is 13.0. The lowest BCUT2D eigenvalue weighted by molar-refractivity contribution is -0.131. The number of amides is 1. The van der Waals surface area contributed by atoms with Crippen LogP contribution in [0, 0.1) is 0 Å². The summed E-state index contributed by atoms with van der Waals surface area (Å²) in [5, 5.41) is 6.86. The van der Waals surface area contributed by atoms with Crippen molar-refractivity contribution < 1.29 is 9.53 Å². The van der Waals surface area contributed by atoms with E-state index in [2.05, 4.69) is 10.4 Å². The minimum absolute atomic E-state index is 0.0719. The average Bonchev–Trinajstić information content (AvgIpc) is 2.97. The van der Waals surface area contributed by atoms with Crippen molar-refractivity contribution in [2.45, 2.75) is 51.2 Å². The van der Waals surface area contributed by atoms with E-state index >= 15 is 0 Å². The lowest BCUT2D eigenvalue weighted by Gasteiger charge is -2.19. The predicted octanol–water partition coefficient (Wildman–Crippen LogP) is 2.10. The van der Waals surface area contributed by atoms with Gasteiger partial charge in [0, 0.05) is 13.2 Å². The number of anilines is 1. The number of aryl methyl sites for hydroxylation is 1. The van der Waals surface area contributed by atoms with E-state index in [9.17, 15) is 4.79 Å². The molecule has 1 heterocycles. The predicted molar refractivity (Wildman–Crippen MR) is 69.3 cm³/mol. The van der Waals surface area contributed by atoms with Crippen LogP contribution in [0.25, 0.3) is 0 Å². The van der Waals surface area contributed by atoms with Crippen LogP contribution in [0.3, 0.4) is 0 Å². The summed E-state index contributed by atoms with van der Waals surface area (Å²) >= 11 is 0. The molecule has 1 saturated carbocycles. The number of hydrogen-bond donors (Lipinski definition) is 1. The highest BCUT2D eigenvalue weighted by atomic mass is 16.5. The van der Waals surface area contributed by atoms with E-state index in [0.717, 1.165) is 18.5 Å². The molecule has 0 spiro atoms. The number of rotatable bonds is 5. The molecule has 1 amide bonds. The summed E-state index contributed by atoms with van der Waals surface area (Å²) < 4.78 is 7.52. The summed E-state index contributed by atoms with van der Waals surface area (Å²) in [6.45, 7) is 1.97. The van der Waals surface area contributed by atoms with E-state index in [1.54, 1.807) is 17.1 Å². The normalized spacial score (nSPS) is 17.9. The van der Waals surface area contributed by atoms with Crippen LogP contribution >= 0.6 is 0 Å². The highest BCUT2D eigenvalue weighted by Gasteiger charge is 2.24. The Bertz CT molecular complexity index is 397. The molecule has 1 atom stereocenters. The monoisotopic (exact) mass is 251 g/mol. The van der Waals surface area contributed by atoms with E-state index in [1.165, 1.54) is 12.8 Å². The van der Waals surface area contributed by atoms with Gasteiger partial charge in [-0.15, -0.1) is 0 Å². The fourth-order valence-electron chi connectivity index (χ4n) is 2.31. The molecule has 0 unspecified atom stereocenters. The second-order valence-electron chi connectivity index (χ2n) is 4.83. The van der Waals surface area contributed by atoms with E-state index in [1.807, 2.05) is 14.0 Å². The summed E-state index contributed by atoms with van der Waals surface area (Å²) in [7, 11) is 1.82. The van der Waals surface area contributed by atoms with Crippen LogP contribution in [0.15, 0.2) is 12.4 Å². The Morgan fingerprint density at radius 3 is 2.89 bits per heavy atom. The van der Waals surface area contributed by atoms with Crippen LogP contribution in [0.1, 0.15) is 39.0 Å². The van der Waals surface area contributed by atoms with Gasteiger partial charge in [0.05, 0.1) is 18.0 Å². The summed E-state index contributed by atoms with van der Waals surface area (Å²) in [6, 6.07) is 0. The molecule has 5 nitrogen and oxygen atoms in total. The molecule has 1 N–H and O–H groups in total. The third kappa shape index (κ3) is 3.32. The van der Waals surface area contributed by atoms with Crippen LogP contribution in [0.5, 0.6) is 0 Å². The van der Waals surface area contributed by atoms with Gasteiger partial charge in [-0.2, -0.15) is 5.10 Å². The number of hydrogen-bond acceptors (Lipinski definition) is 3. The third-order valence-corrected chi connectivity index (χ3v) is 3.29. The summed E-state index contributed by atoms with van der Waals surface area (Å²) in [4.78, 5) is 12.1. The third-order valence-electron chi connectivity index (χ3n) is 3.29. The Morgan fingerprint density at radius 1 is 1.61 bits per heavy atom. The Kier molecular flexibility index (Phi) is 4.36. The van der Waals surface area contributed by atoms with Gasteiger partial charge in [0.15, 0.2) is 0 Å². The van der Waals surface area contributed by atoms with Crippen molar-refractivity contribution in [2.75, 3.05) is 5.32 Å². The number of carbonyl (C=O) groups is 1. The van der Waals surface area contributed by atoms with Gasteiger partial charge in [0.2, 0.25) is 0 Å². The van der Waals surface area contributed by atoms with Crippen molar-refractivity contribution in [1.29, 1.82) is 0 Å². The van der Waals surface area contributed by atoms with Crippen LogP contribution < -0.4 is 5.32 Å². The summed E-state index contributed by atoms with van der Waals surface area (Å²) in [6.07, 6.45) is 8.61. The fourth-order valence-corrected chi connectivity index (χ4v) is 2.31. The number of ether oxygens (including phenoxy) is 1. The first-order valence-corrected chi connectivity index (χ1v) is 6.64. The van der Waals surface area contributed by atoms with Gasteiger partial charge in [-0.05, 0) is 19.3 Å². The zero-order valence-electron chi connectivity index (χ0n) is 11.1.